The molecule has 0 aromatic heterocycles. The summed E-state index contributed by atoms with van der Waals surface area (Å²) in [5.41, 5.74) is 0. The number of rotatable bonds is 46. The maximum atomic E-state index is 13.0. The number of aliphatic hydroxyl groups excluding tert-OH is 7. The fourth-order valence-electron chi connectivity index (χ4n) is 8.78. The molecular formula is C60H104O14. The zero-order chi connectivity index (χ0) is 53.7. The van der Waals surface area contributed by atoms with Crippen LogP contribution in [-0.2, 0) is 33.2 Å². The van der Waals surface area contributed by atoms with Gasteiger partial charge in [0.1, 0.15) is 54.9 Å². The van der Waals surface area contributed by atoms with Crippen LogP contribution in [0.5, 0.6) is 0 Å². The molecule has 11 atom stereocenters. The first-order valence-corrected chi connectivity index (χ1v) is 29.0. The molecule has 14 nitrogen and oxygen atoms in total. The molecule has 0 spiro atoms. The van der Waals surface area contributed by atoms with Crippen LogP contribution in [0.3, 0.4) is 0 Å². The first-order valence-electron chi connectivity index (χ1n) is 29.0. The van der Waals surface area contributed by atoms with Crippen LogP contribution in [0.4, 0.5) is 0 Å². The Bertz CT molecular complexity index is 1500. The summed E-state index contributed by atoms with van der Waals surface area (Å²) in [6.07, 6.45) is 42.5. The largest absolute Gasteiger partial charge is 0.457 e. The molecule has 0 saturated carbocycles. The molecular weight excluding hydrogens is 945 g/mol. The highest BCUT2D eigenvalue weighted by Crippen LogP contribution is 2.26. The van der Waals surface area contributed by atoms with Gasteiger partial charge in [-0.05, 0) is 83.5 Å². The second kappa shape index (κ2) is 46.5. The van der Waals surface area contributed by atoms with Gasteiger partial charge >= 0.3 is 5.97 Å². The molecule has 0 bridgehead atoms. The number of aliphatic hydroxyl groups is 7. The minimum absolute atomic E-state index is 0.0523. The lowest BCUT2D eigenvalue weighted by molar-refractivity contribution is -0.332. The molecule has 0 radical (unpaired) electrons. The number of carbonyl (C=O) groups is 1. The van der Waals surface area contributed by atoms with Gasteiger partial charge in [-0.15, -0.1) is 0 Å². The molecule has 11 unspecified atom stereocenters. The SMILES string of the molecule is CC/C=C\C/C=C\C/C=C\C/C=C\C/C=C\CCCCCCCCCCCCOCC(COC1OC(COC2OC(CO)C(O)C(O)C2O)C(O)C(O)C1O)OC(=O)CCCCCCC/C=C\CCCCCCC. The monoisotopic (exact) mass is 1050 g/mol. The number of allylic oxidation sites excluding steroid dienone is 12. The van der Waals surface area contributed by atoms with Crippen LogP contribution in [0.25, 0.3) is 0 Å². The third-order valence-electron chi connectivity index (χ3n) is 13.4. The number of ether oxygens (including phenoxy) is 6. The summed E-state index contributed by atoms with van der Waals surface area (Å²) in [6, 6.07) is 0. The van der Waals surface area contributed by atoms with E-state index < -0.39 is 80.7 Å². The van der Waals surface area contributed by atoms with E-state index in [2.05, 4.69) is 86.8 Å². The number of hydrogen-bond donors (Lipinski definition) is 7. The van der Waals surface area contributed by atoms with Crippen molar-refractivity contribution in [3.05, 3.63) is 72.9 Å². The van der Waals surface area contributed by atoms with E-state index in [1.165, 1.54) is 77.0 Å². The van der Waals surface area contributed by atoms with E-state index in [0.717, 1.165) is 96.3 Å². The summed E-state index contributed by atoms with van der Waals surface area (Å²) in [4.78, 5) is 13.0. The summed E-state index contributed by atoms with van der Waals surface area (Å²) >= 11 is 0. The molecule has 0 aromatic rings. The van der Waals surface area contributed by atoms with Crippen LogP contribution in [0.2, 0.25) is 0 Å². The number of carbonyl (C=O) groups excluding carboxylic acids is 1. The highest BCUT2D eigenvalue weighted by Gasteiger charge is 2.47. The van der Waals surface area contributed by atoms with E-state index in [4.69, 9.17) is 28.4 Å². The molecule has 2 aliphatic heterocycles. The molecule has 7 N–H and O–H groups in total. The molecule has 2 aliphatic rings. The van der Waals surface area contributed by atoms with Crippen LogP contribution in [-0.4, -0.2) is 142 Å². The molecule has 0 aliphatic carbocycles. The molecule has 428 valence electrons. The zero-order valence-electron chi connectivity index (χ0n) is 45.8. The molecule has 74 heavy (non-hydrogen) atoms. The van der Waals surface area contributed by atoms with Crippen molar-refractivity contribution in [3.8, 4) is 0 Å². The Morgan fingerprint density at radius 1 is 0.459 bits per heavy atom. The number of unbranched alkanes of at least 4 members (excludes halogenated alkanes) is 20. The average Bonchev–Trinajstić information content (AvgIpc) is 3.40. The van der Waals surface area contributed by atoms with Crippen molar-refractivity contribution in [2.75, 3.05) is 33.0 Å². The first kappa shape index (κ1) is 67.5. The third kappa shape index (κ3) is 32.9. The highest BCUT2D eigenvalue weighted by molar-refractivity contribution is 5.69. The lowest BCUT2D eigenvalue weighted by Crippen LogP contribution is -2.61. The maximum Gasteiger partial charge on any atom is 0.306 e. The van der Waals surface area contributed by atoms with Crippen LogP contribution in [0.1, 0.15) is 200 Å². The predicted molar refractivity (Wildman–Crippen MR) is 293 cm³/mol. The number of esters is 1. The first-order chi connectivity index (χ1) is 36.1. The topological polar surface area (TPSA) is 214 Å². The van der Waals surface area contributed by atoms with Gasteiger partial charge in [-0.2, -0.15) is 0 Å². The van der Waals surface area contributed by atoms with E-state index >= 15 is 0 Å². The van der Waals surface area contributed by atoms with Crippen molar-refractivity contribution >= 4 is 5.97 Å². The smallest absolute Gasteiger partial charge is 0.306 e. The molecule has 2 saturated heterocycles. The van der Waals surface area contributed by atoms with Gasteiger partial charge in [-0.1, -0.05) is 183 Å². The fraction of sp³-hybridized carbons (Fsp3) is 0.783. The Labute approximate surface area is 447 Å². The maximum absolute atomic E-state index is 13.0. The second-order valence-electron chi connectivity index (χ2n) is 20.1. The van der Waals surface area contributed by atoms with Crippen molar-refractivity contribution in [2.24, 2.45) is 0 Å². The Morgan fingerprint density at radius 3 is 1.39 bits per heavy atom. The van der Waals surface area contributed by atoms with Crippen LogP contribution < -0.4 is 0 Å². The van der Waals surface area contributed by atoms with Gasteiger partial charge in [0, 0.05) is 13.0 Å². The minimum Gasteiger partial charge on any atom is -0.457 e. The van der Waals surface area contributed by atoms with Crippen molar-refractivity contribution in [1.82, 2.24) is 0 Å². The standard InChI is InChI=1S/C60H104O14/c1-3-5-7-9-11-13-15-17-19-20-21-22-23-24-25-26-27-28-29-30-32-34-36-38-40-42-44-69-46-49(72-52(62)43-41-39-37-35-33-31-18-16-14-12-10-8-6-4-2)47-70-59-58(68)56(66)54(64)51(74-59)48-71-60-57(67)55(65)53(63)50(45-61)73-60/h5,7,11,13,16-19,21-22,24-25,49-51,53-61,63-68H,3-4,6,8-10,12,14-15,20,23,26-48H2,1-2H3/b7-5-,13-11-,18-16-,19-17-,22-21-,25-24-. The van der Waals surface area contributed by atoms with E-state index in [-0.39, 0.29) is 25.6 Å². The summed E-state index contributed by atoms with van der Waals surface area (Å²) in [5, 5.41) is 72.3. The molecule has 2 fully saturated rings. The Kier molecular flexibility index (Phi) is 42.5. The van der Waals surface area contributed by atoms with Crippen LogP contribution in [0.15, 0.2) is 72.9 Å². The molecule has 2 rings (SSSR count). The van der Waals surface area contributed by atoms with Gasteiger partial charge in [-0.25, -0.2) is 0 Å². The summed E-state index contributed by atoms with van der Waals surface area (Å²) < 4.78 is 34.4. The Morgan fingerprint density at radius 2 is 0.878 bits per heavy atom. The normalized spacial score (nSPS) is 25.3. The molecule has 0 aromatic carbocycles. The number of hydrogen-bond acceptors (Lipinski definition) is 14. The summed E-state index contributed by atoms with van der Waals surface area (Å²) in [7, 11) is 0. The van der Waals surface area contributed by atoms with Crippen LogP contribution >= 0.6 is 0 Å². The molecule has 14 heteroatoms. The van der Waals surface area contributed by atoms with Crippen molar-refractivity contribution in [2.45, 2.75) is 268 Å². The predicted octanol–water partition coefficient (Wildman–Crippen LogP) is 10.2. The van der Waals surface area contributed by atoms with Gasteiger partial charge in [0.2, 0.25) is 0 Å². The van der Waals surface area contributed by atoms with Crippen molar-refractivity contribution in [3.63, 3.8) is 0 Å². The van der Waals surface area contributed by atoms with E-state index in [1.54, 1.807) is 0 Å². The van der Waals surface area contributed by atoms with Crippen molar-refractivity contribution < 1.29 is 69.0 Å². The van der Waals surface area contributed by atoms with Crippen LogP contribution in [0, 0.1) is 0 Å². The lowest BCUT2D eigenvalue weighted by atomic mass is 9.98. The summed E-state index contributed by atoms with van der Waals surface area (Å²) in [5.74, 6) is -0.388. The second-order valence-corrected chi connectivity index (χ2v) is 20.1. The fourth-order valence-corrected chi connectivity index (χ4v) is 8.78. The quantitative estimate of drug-likeness (QED) is 0.0172. The summed E-state index contributed by atoms with van der Waals surface area (Å²) in [6.45, 7) is 3.54. The molecule has 2 heterocycles. The molecule has 0 amide bonds. The zero-order valence-corrected chi connectivity index (χ0v) is 45.8. The van der Waals surface area contributed by atoms with E-state index in [0.29, 0.717) is 13.0 Å². The van der Waals surface area contributed by atoms with E-state index in [1.807, 2.05) is 0 Å². The van der Waals surface area contributed by atoms with Gasteiger partial charge in [0.25, 0.3) is 0 Å². The lowest BCUT2D eigenvalue weighted by Gasteiger charge is -2.42. The average molecular weight is 1050 g/mol. The van der Waals surface area contributed by atoms with Crippen molar-refractivity contribution in [1.29, 1.82) is 0 Å². The minimum atomic E-state index is -1.71. The Balaban J connectivity index is 1.69. The van der Waals surface area contributed by atoms with Gasteiger partial charge in [0.15, 0.2) is 12.6 Å². The van der Waals surface area contributed by atoms with Gasteiger partial charge in [-0.3, -0.25) is 4.79 Å². The Hall–Kier alpha value is -2.57. The van der Waals surface area contributed by atoms with Gasteiger partial charge in [0.05, 0.1) is 26.4 Å². The van der Waals surface area contributed by atoms with E-state index in [9.17, 15) is 40.5 Å². The highest BCUT2D eigenvalue weighted by atomic mass is 16.7. The third-order valence-corrected chi connectivity index (χ3v) is 13.4. The van der Waals surface area contributed by atoms with Gasteiger partial charge < -0.3 is 64.2 Å².